The molecule has 1 aromatic carbocycles. The molecule has 0 unspecified atom stereocenters. The number of rotatable bonds is 6. The molecule has 3 aliphatic heterocycles. The molecule has 10 nitrogen and oxygen atoms in total. The number of carbonyl (C=O) groups excluding carboxylic acids is 3. The van der Waals surface area contributed by atoms with Gasteiger partial charge in [0, 0.05) is 56.3 Å². The maximum atomic E-state index is 13.6. The summed E-state index contributed by atoms with van der Waals surface area (Å²) in [6.45, 7) is 8.40. The van der Waals surface area contributed by atoms with Gasteiger partial charge >= 0.3 is 0 Å². The first kappa shape index (κ1) is 26.6. The number of fused-ring (bicyclic) bond motifs is 3. The number of aliphatic imine (C=N–C) groups is 1. The number of nitrogens with one attached hydrogen (secondary N) is 3. The number of aromatic amines is 1. The van der Waals surface area contributed by atoms with E-state index < -0.39 is 17.7 Å². The molecule has 38 heavy (non-hydrogen) atoms. The number of hydrogen-bond acceptors (Lipinski definition) is 6. The van der Waals surface area contributed by atoms with E-state index in [2.05, 4.69) is 20.6 Å². The zero-order valence-corrected chi connectivity index (χ0v) is 22.9. The molecule has 5 rings (SSSR count). The second-order valence-electron chi connectivity index (χ2n) is 10.9. The lowest BCUT2D eigenvalue weighted by Crippen LogP contribution is -2.59. The summed E-state index contributed by atoms with van der Waals surface area (Å²) in [4.78, 5) is 49.6. The Bertz CT molecular complexity index is 1290. The van der Waals surface area contributed by atoms with Gasteiger partial charge < -0.3 is 25.3 Å². The molecule has 4 heterocycles. The summed E-state index contributed by atoms with van der Waals surface area (Å²) in [5, 5.41) is 7.58. The summed E-state index contributed by atoms with van der Waals surface area (Å²) in [6.07, 6.45) is 4.14. The highest BCUT2D eigenvalue weighted by Crippen LogP contribution is 2.33. The van der Waals surface area contributed by atoms with Crippen LogP contribution in [0.3, 0.4) is 0 Å². The number of anilines is 1. The average Bonchev–Trinajstić information content (AvgIpc) is 3.49. The molecule has 3 amide bonds. The predicted molar refractivity (Wildman–Crippen MR) is 147 cm³/mol. The Morgan fingerprint density at radius 3 is 2.84 bits per heavy atom. The molecule has 3 aliphatic rings. The lowest BCUT2D eigenvalue weighted by molar-refractivity contribution is -0.143. The minimum absolute atomic E-state index is 0.0837. The van der Waals surface area contributed by atoms with Crippen LogP contribution in [0.2, 0.25) is 5.02 Å². The van der Waals surface area contributed by atoms with Crippen LogP contribution in [0.1, 0.15) is 44.9 Å². The monoisotopic (exact) mass is 542 g/mol. The van der Waals surface area contributed by atoms with Gasteiger partial charge in [-0.1, -0.05) is 11.6 Å². The number of nitrogens with zero attached hydrogens (tertiary/aromatic N) is 3. The third-order valence-corrected chi connectivity index (χ3v) is 7.82. The molecule has 2 fully saturated rings. The number of morpholine rings is 1. The number of carbonyl (C=O) groups is 3. The summed E-state index contributed by atoms with van der Waals surface area (Å²) in [5.74, 6) is -0.429. The van der Waals surface area contributed by atoms with E-state index in [1.807, 2.05) is 31.0 Å². The van der Waals surface area contributed by atoms with Crippen molar-refractivity contribution in [1.82, 2.24) is 20.1 Å². The molecule has 1 aromatic heterocycles. The molecule has 0 bridgehead atoms. The Hall–Kier alpha value is -2.95. The highest BCUT2D eigenvalue weighted by Gasteiger charge is 2.38. The second-order valence-corrected chi connectivity index (χ2v) is 11.3. The van der Waals surface area contributed by atoms with Crippen LogP contribution >= 0.6 is 11.6 Å². The van der Waals surface area contributed by atoms with Gasteiger partial charge in [-0.3, -0.25) is 24.3 Å². The topological polar surface area (TPSA) is 119 Å². The molecule has 0 radical (unpaired) electrons. The van der Waals surface area contributed by atoms with Crippen molar-refractivity contribution in [3.63, 3.8) is 0 Å². The predicted octanol–water partition coefficient (Wildman–Crippen LogP) is 2.34. The van der Waals surface area contributed by atoms with Crippen molar-refractivity contribution in [3.8, 4) is 0 Å². The zero-order valence-electron chi connectivity index (χ0n) is 22.1. The summed E-state index contributed by atoms with van der Waals surface area (Å²) < 4.78 is 6.01. The van der Waals surface area contributed by atoms with E-state index >= 15 is 0 Å². The molecule has 2 saturated heterocycles. The molecule has 2 aromatic rings. The third-order valence-electron chi connectivity index (χ3n) is 7.60. The van der Waals surface area contributed by atoms with Crippen LogP contribution in [0.25, 0.3) is 10.9 Å². The highest BCUT2D eigenvalue weighted by atomic mass is 35.5. The van der Waals surface area contributed by atoms with Gasteiger partial charge in [0.25, 0.3) is 0 Å². The third kappa shape index (κ3) is 5.43. The van der Waals surface area contributed by atoms with Crippen molar-refractivity contribution in [2.24, 2.45) is 4.99 Å². The van der Waals surface area contributed by atoms with Crippen LogP contribution < -0.4 is 10.6 Å². The van der Waals surface area contributed by atoms with E-state index in [-0.39, 0.29) is 24.3 Å². The Balaban J connectivity index is 1.28. The van der Waals surface area contributed by atoms with Gasteiger partial charge in [-0.05, 0) is 50.8 Å². The first-order valence-electron chi connectivity index (χ1n) is 13.2. The van der Waals surface area contributed by atoms with Crippen LogP contribution in [-0.4, -0.2) is 95.7 Å². The van der Waals surface area contributed by atoms with Crippen molar-refractivity contribution >= 4 is 52.1 Å². The van der Waals surface area contributed by atoms with Crippen molar-refractivity contribution in [3.05, 3.63) is 28.4 Å². The largest absolute Gasteiger partial charge is 0.372 e. The van der Waals surface area contributed by atoms with E-state index in [1.165, 1.54) is 6.92 Å². The Kier molecular flexibility index (Phi) is 7.48. The standard InChI is InChI=1S/C27H35ClN6O4/c1-16(35)34-9-4-5-22(34)25(36)30-8-10-33-15-27(2,3)38-14-23(33)26(37)32-20-12-17(28)11-19-18-6-7-29-13-21(18)31-24(19)20/h11-13,22-23,31H,4-10,14-15H2,1-3H3,(H,30,36)(H,32,37)/t22-,23-/m0/s1. The second kappa shape index (κ2) is 10.7. The molecule has 11 heteroatoms. The van der Waals surface area contributed by atoms with Crippen LogP contribution in [0, 0.1) is 0 Å². The number of likely N-dealkylation sites (tertiary alicyclic amines) is 1. The number of ether oxygens (including phenoxy) is 1. The number of H-pyrrole nitrogens is 1. The lowest BCUT2D eigenvalue weighted by Gasteiger charge is -2.43. The lowest BCUT2D eigenvalue weighted by atomic mass is 10.0. The Morgan fingerprint density at radius 1 is 1.24 bits per heavy atom. The van der Waals surface area contributed by atoms with Crippen molar-refractivity contribution in [2.75, 3.05) is 44.6 Å². The average molecular weight is 543 g/mol. The molecule has 0 aliphatic carbocycles. The summed E-state index contributed by atoms with van der Waals surface area (Å²) in [7, 11) is 0. The number of amides is 3. The van der Waals surface area contributed by atoms with E-state index in [4.69, 9.17) is 16.3 Å². The maximum absolute atomic E-state index is 13.6. The fraction of sp³-hybridized carbons (Fsp3) is 0.556. The fourth-order valence-electron chi connectivity index (χ4n) is 5.75. The molecular weight excluding hydrogens is 508 g/mol. The molecule has 204 valence electrons. The Morgan fingerprint density at radius 2 is 2.05 bits per heavy atom. The minimum atomic E-state index is -0.541. The van der Waals surface area contributed by atoms with Gasteiger partial charge in [-0.25, -0.2) is 0 Å². The smallest absolute Gasteiger partial charge is 0.244 e. The summed E-state index contributed by atoms with van der Waals surface area (Å²) in [6, 6.07) is 2.70. The van der Waals surface area contributed by atoms with E-state index in [0.717, 1.165) is 41.5 Å². The number of benzene rings is 1. The van der Waals surface area contributed by atoms with Gasteiger partial charge in [0.05, 0.1) is 29.1 Å². The van der Waals surface area contributed by atoms with Gasteiger partial charge in [0.2, 0.25) is 17.7 Å². The van der Waals surface area contributed by atoms with Crippen LogP contribution in [0.5, 0.6) is 0 Å². The van der Waals surface area contributed by atoms with Crippen molar-refractivity contribution in [1.29, 1.82) is 0 Å². The van der Waals surface area contributed by atoms with Gasteiger partial charge in [-0.2, -0.15) is 0 Å². The summed E-state index contributed by atoms with van der Waals surface area (Å²) >= 11 is 6.44. The zero-order chi connectivity index (χ0) is 27.0. The highest BCUT2D eigenvalue weighted by molar-refractivity contribution is 6.32. The molecule has 2 atom stereocenters. The quantitative estimate of drug-likeness (QED) is 0.518. The normalized spacial score (nSPS) is 22.9. The molecular formula is C27H35ClN6O4. The van der Waals surface area contributed by atoms with Crippen molar-refractivity contribution in [2.45, 2.75) is 57.7 Å². The number of aromatic nitrogens is 1. The van der Waals surface area contributed by atoms with E-state index in [1.54, 1.807) is 11.0 Å². The first-order chi connectivity index (χ1) is 18.1. The van der Waals surface area contributed by atoms with Crippen molar-refractivity contribution < 1.29 is 19.1 Å². The van der Waals surface area contributed by atoms with Gasteiger partial charge in [-0.15, -0.1) is 0 Å². The van der Waals surface area contributed by atoms with Gasteiger partial charge in [0.15, 0.2) is 0 Å². The number of halogens is 1. The van der Waals surface area contributed by atoms with Crippen LogP contribution in [0.15, 0.2) is 17.1 Å². The summed E-state index contributed by atoms with van der Waals surface area (Å²) in [5.41, 5.74) is 3.10. The van der Waals surface area contributed by atoms with E-state index in [9.17, 15) is 14.4 Å². The SMILES string of the molecule is CC(=O)N1CCC[C@H]1C(=O)NCCN1CC(C)(C)OC[C@H]1C(=O)Nc1cc(Cl)cc2c3c([nH]c12)C=NCC3. The van der Waals surface area contributed by atoms with Gasteiger partial charge in [0.1, 0.15) is 12.1 Å². The van der Waals surface area contributed by atoms with Crippen LogP contribution in [0.4, 0.5) is 5.69 Å². The first-order valence-corrected chi connectivity index (χ1v) is 13.6. The fourth-order valence-corrected chi connectivity index (χ4v) is 5.97. The number of hydrogen-bond donors (Lipinski definition) is 3. The molecule has 0 saturated carbocycles. The Labute approximate surface area is 227 Å². The van der Waals surface area contributed by atoms with Crippen LogP contribution in [-0.2, 0) is 25.5 Å². The maximum Gasteiger partial charge on any atom is 0.244 e. The minimum Gasteiger partial charge on any atom is -0.372 e. The molecule has 0 spiro atoms. The van der Waals surface area contributed by atoms with E-state index in [0.29, 0.717) is 43.3 Å². The molecule has 3 N–H and O–H groups in total.